The van der Waals surface area contributed by atoms with E-state index < -0.39 is 0 Å². The standard InChI is InChI=1S/C18H25NO/c1-5-13(2)14(3)20-15(4)17-8-6-16(7-9-17)12-19-18-10-11-18/h6-9,18-19H,4-5,10-12H2,1-3H3/b14-13+. The lowest BCUT2D eigenvalue weighted by Gasteiger charge is -2.12. The first-order chi connectivity index (χ1) is 9.60. The molecule has 0 spiro atoms. The number of benzene rings is 1. The van der Waals surface area contributed by atoms with Crippen molar-refractivity contribution in [2.24, 2.45) is 0 Å². The Balaban J connectivity index is 1.92. The van der Waals surface area contributed by atoms with Gasteiger partial charge < -0.3 is 10.1 Å². The lowest BCUT2D eigenvalue weighted by atomic mass is 10.1. The van der Waals surface area contributed by atoms with Gasteiger partial charge >= 0.3 is 0 Å². The van der Waals surface area contributed by atoms with Gasteiger partial charge in [-0.15, -0.1) is 0 Å². The zero-order valence-corrected chi connectivity index (χ0v) is 12.8. The van der Waals surface area contributed by atoms with Crippen LogP contribution in [0, 0.1) is 0 Å². The maximum Gasteiger partial charge on any atom is 0.126 e. The molecule has 0 aromatic heterocycles. The van der Waals surface area contributed by atoms with Gasteiger partial charge in [0.2, 0.25) is 0 Å². The Labute approximate surface area is 122 Å². The third-order valence-electron chi connectivity index (χ3n) is 3.86. The van der Waals surface area contributed by atoms with Crippen molar-refractivity contribution < 1.29 is 4.74 Å². The molecule has 20 heavy (non-hydrogen) atoms. The first kappa shape index (κ1) is 14.9. The molecule has 0 amide bonds. The molecule has 2 heteroatoms. The van der Waals surface area contributed by atoms with Crippen molar-refractivity contribution in [2.45, 2.75) is 52.6 Å². The van der Waals surface area contributed by atoms with Gasteiger partial charge in [-0.3, -0.25) is 0 Å². The zero-order valence-electron chi connectivity index (χ0n) is 12.8. The topological polar surface area (TPSA) is 21.3 Å². The predicted octanol–water partition coefficient (Wildman–Crippen LogP) is 4.63. The van der Waals surface area contributed by atoms with Crippen LogP contribution in [0.1, 0.15) is 51.2 Å². The second kappa shape index (κ2) is 6.76. The molecule has 0 atom stereocenters. The van der Waals surface area contributed by atoms with E-state index in [1.807, 2.05) is 6.92 Å². The summed E-state index contributed by atoms with van der Waals surface area (Å²) in [6, 6.07) is 9.20. The van der Waals surface area contributed by atoms with Crippen LogP contribution >= 0.6 is 0 Å². The molecule has 1 aliphatic rings. The van der Waals surface area contributed by atoms with E-state index in [1.165, 1.54) is 24.0 Å². The maximum atomic E-state index is 5.81. The van der Waals surface area contributed by atoms with Crippen molar-refractivity contribution in [3.05, 3.63) is 53.3 Å². The number of nitrogens with one attached hydrogen (secondary N) is 1. The van der Waals surface area contributed by atoms with E-state index in [1.54, 1.807) is 0 Å². The minimum absolute atomic E-state index is 0.719. The van der Waals surface area contributed by atoms with E-state index in [9.17, 15) is 0 Å². The molecule has 108 valence electrons. The molecule has 1 aromatic rings. The SMILES string of the molecule is C=C(O/C(C)=C(\C)CC)c1ccc(CNC2CC2)cc1. The Morgan fingerprint density at radius 1 is 1.25 bits per heavy atom. The predicted molar refractivity (Wildman–Crippen MR) is 85.1 cm³/mol. The molecule has 0 unspecified atom stereocenters. The van der Waals surface area contributed by atoms with Gasteiger partial charge in [0.15, 0.2) is 0 Å². The highest BCUT2D eigenvalue weighted by molar-refractivity contribution is 5.58. The van der Waals surface area contributed by atoms with Crippen molar-refractivity contribution in [3.63, 3.8) is 0 Å². The van der Waals surface area contributed by atoms with Crippen LogP contribution in [-0.4, -0.2) is 6.04 Å². The summed E-state index contributed by atoms with van der Waals surface area (Å²) in [5, 5.41) is 3.52. The Bertz CT molecular complexity index is 495. The Kier molecular flexibility index (Phi) is 5.02. The first-order valence-corrected chi connectivity index (χ1v) is 7.46. The summed E-state index contributed by atoms with van der Waals surface area (Å²) in [5.41, 5.74) is 3.62. The van der Waals surface area contributed by atoms with Gasteiger partial charge in [-0.1, -0.05) is 37.8 Å². The van der Waals surface area contributed by atoms with Gasteiger partial charge in [-0.2, -0.15) is 0 Å². The fourth-order valence-corrected chi connectivity index (χ4v) is 1.94. The summed E-state index contributed by atoms with van der Waals surface area (Å²) >= 11 is 0. The van der Waals surface area contributed by atoms with Gasteiger partial charge in [-0.05, 0) is 44.2 Å². The van der Waals surface area contributed by atoms with E-state index in [-0.39, 0.29) is 0 Å². The fourth-order valence-electron chi connectivity index (χ4n) is 1.94. The Morgan fingerprint density at radius 2 is 1.90 bits per heavy atom. The largest absolute Gasteiger partial charge is 0.462 e. The molecule has 0 heterocycles. The first-order valence-electron chi connectivity index (χ1n) is 7.46. The second-order valence-corrected chi connectivity index (χ2v) is 5.57. The van der Waals surface area contributed by atoms with Crippen LogP contribution in [0.4, 0.5) is 0 Å². The number of hydrogen-bond acceptors (Lipinski definition) is 2. The Morgan fingerprint density at radius 3 is 2.45 bits per heavy atom. The minimum Gasteiger partial charge on any atom is -0.462 e. The zero-order chi connectivity index (χ0) is 14.5. The number of hydrogen-bond donors (Lipinski definition) is 1. The molecule has 0 aliphatic heterocycles. The van der Waals surface area contributed by atoms with Crippen LogP contribution in [0.5, 0.6) is 0 Å². The average Bonchev–Trinajstić information content (AvgIpc) is 3.28. The van der Waals surface area contributed by atoms with Crippen molar-refractivity contribution in [2.75, 3.05) is 0 Å². The lowest BCUT2D eigenvalue weighted by molar-refractivity contribution is 0.378. The summed E-state index contributed by atoms with van der Waals surface area (Å²) in [6.07, 6.45) is 3.65. The summed E-state index contributed by atoms with van der Waals surface area (Å²) < 4.78 is 5.81. The highest BCUT2D eigenvalue weighted by atomic mass is 16.5. The van der Waals surface area contributed by atoms with Crippen LogP contribution in [-0.2, 0) is 11.3 Å². The normalized spacial score (nSPS) is 15.8. The van der Waals surface area contributed by atoms with Gasteiger partial charge in [0, 0.05) is 18.2 Å². The monoisotopic (exact) mass is 271 g/mol. The molecule has 1 N–H and O–H groups in total. The van der Waals surface area contributed by atoms with Crippen LogP contribution in [0.25, 0.3) is 5.76 Å². The molecular weight excluding hydrogens is 246 g/mol. The van der Waals surface area contributed by atoms with Crippen molar-refractivity contribution in [1.82, 2.24) is 5.32 Å². The highest BCUT2D eigenvalue weighted by Crippen LogP contribution is 2.22. The highest BCUT2D eigenvalue weighted by Gasteiger charge is 2.19. The molecule has 2 rings (SSSR count). The number of allylic oxidation sites excluding steroid dienone is 2. The molecule has 1 aliphatic carbocycles. The molecule has 2 nitrogen and oxygen atoms in total. The van der Waals surface area contributed by atoms with Crippen molar-refractivity contribution in [3.8, 4) is 0 Å². The lowest BCUT2D eigenvalue weighted by Crippen LogP contribution is -2.15. The third-order valence-corrected chi connectivity index (χ3v) is 3.86. The molecule has 1 saturated carbocycles. The van der Waals surface area contributed by atoms with Crippen molar-refractivity contribution >= 4 is 5.76 Å². The maximum absolute atomic E-state index is 5.81. The molecule has 0 radical (unpaired) electrons. The van der Waals surface area contributed by atoms with E-state index in [0.717, 1.165) is 36.1 Å². The molecular formula is C18H25NO. The molecule has 1 fully saturated rings. The van der Waals surface area contributed by atoms with E-state index in [4.69, 9.17) is 4.74 Å². The van der Waals surface area contributed by atoms with Crippen LogP contribution in [0.3, 0.4) is 0 Å². The van der Waals surface area contributed by atoms with E-state index >= 15 is 0 Å². The van der Waals surface area contributed by atoms with E-state index in [0.29, 0.717) is 0 Å². The van der Waals surface area contributed by atoms with Gasteiger partial charge in [0.05, 0.1) is 5.76 Å². The van der Waals surface area contributed by atoms with Crippen LogP contribution in [0.2, 0.25) is 0 Å². The van der Waals surface area contributed by atoms with Crippen LogP contribution < -0.4 is 5.32 Å². The Hall–Kier alpha value is -1.54. The second-order valence-electron chi connectivity index (χ2n) is 5.57. The van der Waals surface area contributed by atoms with Gasteiger partial charge in [0.1, 0.15) is 5.76 Å². The summed E-state index contributed by atoms with van der Waals surface area (Å²) in [4.78, 5) is 0. The summed E-state index contributed by atoms with van der Waals surface area (Å²) in [7, 11) is 0. The molecule has 0 saturated heterocycles. The molecule has 0 bridgehead atoms. The third kappa shape index (κ3) is 4.24. The quantitative estimate of drug-likeness (QED) is 0.730. The smallest absolute Gasteiger partial charge is 0.126 e. The minimum atomic E-state index is 0.719. The number of ether oxygens (including phenoxy) is 1. The summed E-state index contributed by atoms with van der Waals surface area (Å²) in [6.45, 7) is 11.2. The fraction of sp³-hybridized carbons (Fsp3) is 0.444. The summed E-state index contributed by atoms with van der Waals surface area (Å²) in [5.74, 6) is 1.67. The van der Waals surface area contributed by atoms with E-state index in [2.05, 4.69) is 50.0 Å². The van der Waals surface area contributed by atoms with Gasteiger partial charge in [0.25, 0.3) is 0 Å². The number of rotatable bonds is 7. The van der Waals surface area contributed by atoms with Crippen molar-refractivity contribution in [1.29, 1.82) is 0 Å². The van der Waals surface area contributed by atoms with Crippen LogP contribution in [0.15, 0.2) is 42.2 Å². The van der Waals surface area contributed by atoms with Gasteiger partial charge in [-0.25, -0.2) is 0 Å². The molecule has 1 aromatic carbocycles. The average molecular weight is 271 g/mol.